The number of esters is 2. The summed E-state index contributed by atoms with van der Waals surface area (Å²) >= 11 is 0. The van der Waals surface area contributed by atoms with Crippen molar-refractivity contribution in [3.05, 3.63) is 35.9 Å². The van der Waals surface area contributed by atoms with Crippen molar-refractivity contribution < 1.29 is 34.0 Å². The number of aliphatic hydroxyl groups excluding tert-OH is 2. The number of carbonyl (C=O) groups excluding carboxylic acids is 2. The molecule has 0 bridgehead atoms. The van der Waals surface area contributed by atoms with Gasteiger partial charge in [0.25, 0.3) is 0 Å². The van der Waals surface area contributed by atoms with Gasteiger partial charge < -0.3 is 24.4 Å². The Morgan fingerprint density at radius 1 is 1.19 bits per heavy atom. The first kappa shape index (κ1) is 15.4. The normalized spacial score (nSPS) is 28.1. The molecule has 0 aliphatic carbocycles. The molecule has 0 aromatic heterocycles. The van der Waals surface area contributed by atoms with Crippen LogP contribution in [-0.2, 0) is 19.0 Å². The molecule has 7 heteroatoms. The highest BCUT2D eigenvalue weighted by Gasteiger charge is 2.45. The number of carbonyl (C=O) groups is 2. The third-order valence-corrected chi connectivity index (χ3v) is 2.99. The quantitative estimate of drug-likeness (QED) is 0.745. The van der Waals surface area contributed by atoms with Gasteiger partial charge in [-0.25, -0.2) is 4.79 Å². The van der Waals surface area contributed by atoms with Crippen molar-refractivity contribution >= 4 is 11.9 Å². The van der Waals surface area contributed by atoms with Crippen LogP contribution >= 0.6 is 0 Å². The SMILES string of the molecule is CC(=O)O[C@@H]1O[C@@H](COC(=O)c2ccccc2)[C@H](O)[C@H]1O. The summed E-state index contributed by atoms with van der Waals surface area (Å²) in [5, 5.41) is 19.4. The van der Waals surface area contributed by atoms with Crippen LogP contribution in [0.25, 0.3) is 0 Å². The van der Waals surface area contributed by atoms with E-state index in [1.807, 2.05) is 0 Å². The topological polar surface area (TPSA) is 102 Å². The molecule has 0 amide bonds. The molecule has 21 heavy (non-hydrogen) atoms. The Labute approximate surface area is 121 Å². The van der Waals surface area contributed by atoms with E-state index in [2.05, 4.69) is 0 Å². The molecule has 1 aliphatic heterocycles. The molecule has 1 fully saturated rings. The van der Waals surface area contributed by atoms with E-state index in [-0.39, 0.29) is 6.61 Å². The van der Waals surface area contributed by atoms with Crippen molar-refractivity contribution in [2.24, 2.45) is 0 Å². The van der Waals surface area contributed by atoms with Gasteiger partial charge in [-0.05, 0) is 12.1 Å². The van der Waals surface area contributed by atoms with Gasteiger partial charge in [-0.2, -0.15) is 0 Å². The standard InChI is InChI=1S/C14H16O7/c1-8(15)20-14-12(17)11(16)10(21-14)7-19-13(18)9-5-3-2-4-6-9/h2-6,10-12,14,16-17H,7H2,1H3/t10-,11-,12+,14+/m0/s1. The van der Waals surface area contributed by atoms with Crippen LogP contribution in [0.1, 0.15) is 17.3 Å². The lowest BCUT2D eigenvalue weighted by atomic mass is 10.1. The summed E-state index contributed by atoms with van der Waals surface area (Å²) in [5.74, 6) is -1.22. The van der Waals surface area contributed by atoms with E-state index in [9.17, 15) is 19.8 Å². The van der Waals surface area contributed by atoms with Gasteiger partial charge >= 0.3 is 11.9 Å². The molecule has 0 radical (unpaired) electrons. The molecule has 4 atom stereocenters. The Balaban J connectivity index is 1.89. The fraction of sp³-hybridized carbons (Fsp3) is 0.429. The maximum Gasteiger partial charge on any atom is 0.338 e. The van der Waals surface area contributed by atoms with E-state index in [0.29, 0.717) is 5.56 Å². The summed E-state index contributed by atoms with van der Waals surface area (Å²) < 4.78 is 14.9. The predicted molar refractivity (Wildman–Crippen MR) is 69.2 cm³/mol. The van der Waals surface area contributed by atoms with E-state index in [0.717, 1.165) is 6.92 Å². The van der Waals surface area contributed by atoms with Crippen LogP contribution < -0.4 is 0 Å². The smallest absolute Gasteiger partial charge is 0.338 e. The molecular weight excluding hydrogens is 280 g/mol. The summed E-state index contributed by atoms with van der Waals surface area (Å²) in [7, 11) is 0. The largest absolute Gasteiger partial charge is 0.459 e. The Morgan fingerprint density at radius 2 is 1.86 bits per heavy atom. The number of rotatable bonds is 4. The average molecular weight is 296 g/mol. The molecule has 1 saturated heterocycles. The van der Waals surface area contributed by atoms with Crippen LogP contribution in [-0.4, -0.2) is 53.4 Å². The molecule has 7 nitrogen and oxygen atoms in total. The van der Waals surface area contributed by atoms with Gasteiger partial charge in [-0.3, -0.25) is 4.79 Å². The van der Waals surface area contributed by atoms with Crippen molar-refractivity contribution in [1.29, 1.82) is 0 Å². The number of ether oxygens (including phenoxy) is 3. The second-order valence-corrected chi connectivity index (χ2v) is 4.60. The van der Waals surface area contributed by atoms with Crippen molar-refractivity contribution in [1.82, 2.24) is 0 Å². The number of hydrogen-bond donors (Lipinski definition) is 2. The second kappa shape index (κ2) is 6.66. The van der Waals surface area contributed by atoms with Crippen LogP contribution in [0.3, 0.4) is 0 Å². The average Bonchev–Trinajstić information content (AvgIpc) is 2.73. The second-order valence-electron chi connectivity index (χ2n) is 4.60. The van der Waals surface area contributed by atoms with E-state index in [4.69, 9.17) is 14.2 Å². The molecule has 0 saturated carbocycles. The van der Waals surface area contributed by atoms with Crippen LogP contribution in [0.15, 0.2) is 30.3 Å². The van der Waals surface area contributed by atoms with Gasteiger partial charge in [-0.15, -0.1) is 0 Å². The predicted octanol–water partition coefficient (Wildman–Crippen LogP) is -0.147. The van der Waals surface area contributed by atoms with Crippen LogP contribution in [0.4, 0.5) is 0 Å². The van der Waals surface area contributed by atoms with Crippen LogP contribution in [0, 0.1) is 0 Å². The molecular formula is C14H16O7. The summed E-state index contributed by atoms with van der Waals surface area (Å²) in [6, 6.07) is 8.33. The lowest BCUT2D eigenvalue weighted by Gasteiger charge is -2.14. The van der Waals surface area contributed by atoms with Gasteiger partial charge in [0.05, 0.1) is 5.56 Å². The first-order valence-corrected chi connectivity index (χ1v) is 6.40. The highest BCUT2D eigenvalue weighted by atomic mass is 16.7. The highest BCUT2D eigenvalue weighted by Crippen LogP contribution is 2.23. The van der Waals surface area contributed by atoms with Gasteiger partial charge in [0.2, 0.25) is 6.29 Å². The van der Waals surface area contributed by atoms with Crippen LogP contribution in [0.5, 0.6) is 0 Å². The van der Waals surface area contributed by atoms with E-state index >= 15 is 0 Å². The molecule has 114 valence electrons. The molecule has 0 unspecified atom stereocenters. The van der Waals surface area contributed by atoms with Crippen molar-refractivity contribution in [2.45, 2.75) is 31.5 Å². The Morgan fingerprint density at radius 3 is 2.48 bits per heavy atom. The third-order valence-electron chi connectivity index (χ3n) is 2.99. The summed E-state index contributed by atoms with van der Waals surface area (Å²) in [6.07, 6.45) is -4.91. The zero-order chi connectivity index (χ0) is 15.4. The maximum atomic E-state index is 11.7. The van der Waals surface area contributed by atoms with Gasteiger partial charge in [0, 0.05) is 6.92 Å². The molecule has 1 aliphatic rings. The summed E-state index contributed by atoms with van der Waals surface area (Å²) in [6.45, 7) is 0.898. The van der Waals surface area contributed by atoms with Gasteiger partial charge in [0.15, 0.2) is 0 Å². The molecule has 2 rings (SSSR count). The van der Waals surface area contributed by atoms with Gasteiger partial charge in [0.1, 0.15) is 24.9 Å². The van der Waals surface area contributed by atoms with Gasteiger partial charge in [-0.1, -0.05) is 18.2 Å². The number of hydrogen-bond acceptors (Lipinski definition) is 7. The molecule has 2 N–H and O–H groups in total. The lowest BCUT2D eigenvalue weighted by molar-refractivity contribution is -0.187. The van der Waals surface area contributed by atoms with Crippen molar-refractivity contribution in [2.75, 3.05) is 6.61 Å². The monoisotopic (exact) mass is 296 g/mol. The fourth-order valence-electron chi connectivity index (χ4n) is 1.93. The van der Waals surface area contributed by atoms with Crippen molar-refractivity contribution in [3.8, 4) is 0 Å². The third kappa shape index (κ3) is 3.78. The highest BCUT2D eigenvalue weighted by molar-refractivity contribution is 5.89. The minimum Gasteiger partial charge on any atom is -0.459 e. The Kier molecular flexibility index (Phi) is 4.89. The van der Waals surface area contributed by atoms with E-state index < -0.39 is 36.5 Å². The summed E-state index contributed by atoms with van der Waals surface area (Å²) in [5.41, 5.74) is 0.363. The minimum atomic E-state index is -1.38. The zero-order valence-electron chi connectivity index (χ0n) is 11.3. The molecule has 0 spiro atoms. The Hall–Kier alpha value is -1.96. The first-order valence-electron chi connectivity index (χ1n) is 6.40. The number of aliphatic hydroxyl groups is 2. The zero-order valence-corrected chi connectivity index (χ0v) is 11.3. The summed E-state index contributed by atoms with van der Waals surface area (Å²) in [4.78, 5) is 22.6. The fourth-order valence-corrected chi connectivity index (χ4v) is 1.93. The lowest BCUT2D eigenvalue weighted by Crippen LogP contribution is -2.35. The Bertz CT molecular complexity index is 501. The van der Waals surface area contributed by atoms with E-state index in [1.165, 1.54) is 0 Å². The maximum absolute atomic E-state index is 11.7. The van der Waals surface area contributed by atoms with E-state index in [1.54, 1.807) is 30.3 Å². The number of benzene rings is 1. The first-order chi connectivity index (χ1) is 9.99. The molecule has 1 aromatic carbocycles. The minimum absolute atomic E-state index is 0.260. The van der Waals surface area contributed by atoms with Crippen LogP contribution in [0.2, 0.25) is 0 Å². The van der Waals surface area contributed by atoms with Crippen molar-refractivity contribution in [3.63, 3.8) is 0 Å². The molecule has 1 heterocycles. The molecule has 1 aromatic rings.